The molecule has 0 atom stereocenters. The largest absolute Gasteiger partial charge is 0.366 e. The molecule has 2 aromatic carbocycles. The van der Waals surface area contributed by atoms with Crippen LogP contribution in [0, 0.1) is 11.6 Å². The molecule has 0 unspecified atom stereocenters. The van der Waals surface area contributed by atoms with Gasteiger partial charge in [0, 0.05) is 31.7 Å². The van der Waals surface area contributed by atoms with Crippen LogP contribution in [-0.4, -0.2) is 42.1 Å². The second kappa shape index (κ2) is 8.23. The van der Waals surface area contributed by atoms with E-state index >= 15 is 0 Å². The lowest BCUT2D eigenvalue weighted by molar-refractivity contribution is 0.0995. The summed E-state index contributed by atoms with van der Waals surface area (Å²) < 4.78 is 27.6. The molecule has 1 amide bonds. The van der Waals surface area contributed by atoms with Crippen LogP contribution < -0.4 is 15.5 Å². The van der Waals surface area contributed by atoms with E-state index < -0.39 is 11.7 Å². The Kier molecular flexibility index (Phi) is 5.50. The molecule has 4 rings (SSSR count). The molecule has 3 aromatic rings. The summed E-state index contributed by atoms with van der Waals surface area (Å²) >= 11 is 5.88. The monoisotopic (exact) mass is 429 g/mol. The highest BCUT2D eigenvalue weighted by Crippen LogP contribution is 2.27. The molecule has 0 radical (unpaired) electrons. The van der Waals surface area contributed by atoms with Gasteiger partial charge in [-0.15, -0.1) is 0 Å². The fourth-order valence-corrected chi connectivity index (χ4v) is 3.54. The first-order valence-corrected chi connectivity index (χ1v) is 9.69. The highest BCUT2D eigenvalue weighted by Gasteiger charge is 2.23. The number of hydrogen-bond donors (Lipinski definition) is 1. The lowest BCUT2D eigenvalue weighted by Gasteiger charge is -2.36. The van der Waals surface area contributed by atoms with Gasteiger partial charge in [-0.05, 0) is 36.4 Å². The maximum atomic E-state index is 14.1. The number of anilines is 2. The summed E-state index contributed by atoms with van der Waals surface area (Å²) in [5.41, 5.74) is 6.99. The van der Waals surface area contributed by atoms with Crippen molar-refractivity contribution in [2.75, 3.05) is 36.0 Å². The first kappa shape index (κ1) is 20.0. The van der Waals surface area contributed by atoms with Crippen LogP contribution >= 0.6 is 11.6 Å². The van der Waals surface area contributed by atoms with Gasteiger partial charge in [-0.2, -0.15) is 0 Å². The molecule has 0 bridgehead atoms. The summed E-state index contributed by atoms with van der Waals surface area (Å²) in [6.07, 6.45) is 0. The summed E-state index contributed by atoms with van der Waals surface area (Å²) in [6, 6.07) is 12.3. The minimum absolute atomic E-state index is 0.0481. The Morgan fingerprint density at radius 3 is 2.30 bits per heavy atom. The van der Waals surface area contributed by atoms with Crippen molar-refractivity contribution in [3.05, 3.63) is 70.9 Å². The van der Waals surface area contributed by atoms with Crippen LogP contribution in [0.2, 0.25) is 5.02 Å². The van der Waals surface area contributed by atoms with Gasteiger partial charge in [0.1, 0.15) is 17.3 Å². The number of benzene rings is 2. The zero-order chi connectivity index (χ0) is 21.3. The number of rotatable bonds is 4. The average Bonchev–Trinajstić information content (AvgIpc) is 2.76. The molecule has 1 fully saturated rings. The van der Waals surface area contributed by atoms with Crippen LogP contribution in [0.15, 0.2) is 48.5 Å². The van der Waals surface area contributed by atoms with Gasteiger partial charge < -0.3 is 15.5 Å². The molecule has 0 aliphatic carbocycles. The zero-order valence-electron chi connectivity index (χ0n) is 15.9. The number of hydrogen-bond acceptors (Lipinski definition) is 5. The van der Waals surface area contributed by atoms with Crippen LogP contribution in [0.4, 0.5) is 20.4 Å². The highest BCUT2D eigenvalue weighted by atomic mass is 35.5. The molecular formula is C21H18ClF2N5O. The summed E-state index contributed by atoms with van der Waals surface area (Å²) in [6.45, 7) is 2.17. The molecule has 154 valence electrons. The first-order valence-electron chi connectivity index (χ1n) is 9.31. The molecule has 30 heavy (non-hydrogen) atoms. The van der Waals surface area contributed by atoms with Gasteiger partial charge in [-0.3, -0.25) is 4.79 Å². The molecule has 1 aromatic heterocycles. The van der Waals surface area contributed by atoms with E-state index in [-0.39, 0.29) is 16.5 Å². The van der Waals surface area contributed by atoms with Gasteiger partial charge in [0.25, 0.3) is 5.91 Å². The summed E-state index contributed by atoms with van der Waals surface area (Å²) in [4.78, 5) is 24.4. The molecule has 2 N–H and O–H groups in total. The van der Waals surface area contributed by atoms with Crippen molar-refractivity contribution in [1.29, 1.82) is 0 Å². The number of primary amides is 1. The minimum Gasteiger partial charge on any atom is -0.366 e. The number of para-hydroxylation sites is 1. The van der Waals surface area contributed by atoms with E-state index in [9.17, 15) is 13.6 Å². The normalized spacial score (nSPS) is 14.1. The molecular weight excluding hydrogens is 412 g/mol. The molecule has 1 aliphatic rings. The van der Waals surface area contributed by atoms with Crippen LogP contribution in [-0.2, 0) is 0 Å². The fraction of sp³-hybridized carbons (Fsp3) is 0.190. The van der Waals surface area contributed by atoms with Crippen molar-refractivity contribution >= 4 is 29.1 Å². The number of carbonyl (C=O) groups excluding carboxylic acids is 1. The van der Waals surface area contributed by atoms with Gasteiger partial charge in [0.05, 0.1) is 16.4 Å². The van der Waals surface area contributed by atoms with Gasteiger partial charge in [-0.1, -0.05) is 23.7 Å². The summed E-state index contributed by atoms with van der Waals surface area (Å²) in [7, 11) is 0. The topological polar surface area (TPSA) is 75.4 Å². The predicted octanol–water partition coefficient (Wildman–Crippen LogP) is 3.50. The number of piperazine rings is 1. The van der Waals surface area contributed by atoms with E-state index in [0.717, 1.165) is 0 Å². The smallest absolute Gasteiger partial charge is 0.267 e. The quantitative estimate of drug-likeness (QED) is 0.687. The Bertz CT molecular complexity index is 1100. The van der Waals surface area contributed by atoms with Crippen molar-refractivity contribution in [1.82, 2.24) is 9.97 Å². The van der Waals surface area contributed by atoms with Gasteiger partial charge in [0.2, 0.25) is 5.95 Å². The Hall–Kier alpha value is -3.26. The number of nitrogens with two attached hydrogens (primary N) is 1. The highest BCUT2D eigenvalue weighted by molar-refractivity contribution is 6.31. The Morgan fingerprint density at radius 1 is 0.933 bits per heavy atom. The standard InChI is InChI=1S/C21H18ClF2N5O/c22-14-11-13(5-6-15(14)23)17-12-18(20(25)30)27-21(26-17)29-9-7-28(8-10-29)19-4-2-1-3-16(19)24/h1-6,11-12H,7-10H2,(H2,25,30). The van der Waals surface area contributed by atoms with Crippen LogP contribution in [0.3, 0.4) is 0 Å². The fourth-order valence-electron chi connectivity index (χ4n) is 3.36. The number of nitrogens with zero attached hydrogens (tertiary/aromatic N) is 4. The Labute approximate surface area is 176 Å². The second-order valence-corrected chi connectivity index (χ2v) is 7.26. The molecule has 1 saturated heterocycles. The third-order valence-corrected chi connectivity index (χ3v) is 5.23. The lowest BCUT2D eigenvalue weighted by atomic mass is 10.1. The molecule has 0 spiro atoms. The van der Waals surface area contributed by atoms with E-state index in [1.807, 2.05) is 9.80 Å². The van der Waals surface area contributed by atoms with Crippen molar-refractivity contribution in [3.63, 3.8) is 0 Å². The van der Waals surface area contributed by atoms with E-state index in [2.05, 4.69) is 9.97 Å². The minimum atomic E-state index is -0.696. The molecule has 1 aliphatic heterocycles. The van der Waals surface area contributed by atoms with E-state index in [4.69, 9.17) is 17.3 Å². The lowest BCUT2D eigenvalue weighted by Crippen LogP contribution is -2.47. The van der Waals surface area contributed by atoms with Gasteiger partial charge in [0.15, 0.2) is 0 Å². The molecule has 6 nitrogen and oxygen atoms in total. The average molecular weight is 430 g/mol. The van der Waals surface area contributed by atoms with Crippen molar-refractivity contribution in [2.24, 2.45) is 5.73 Å². The van der Waals surface area contributed by atoms with Crippen molar-refractivity contribution in [3.8, 4) is 11.3 Å². The predicted molar refractivity (Wildman–Crippen MR) is 112 cm³/mol. The van der Waals surface area contributed by atoms with E-state index in [1.54, 1.807) is 18.2 Å². The summed E-state index contributed by atoms with van der Waals surface area (Å²) in [5, 5.41) is -0.0493. The number of aromatic nitrogens is 2. The molecule has 9 heteroatoms. The summed E-state index contributed by atoms with van der Waals surface area (Å²) in [5.74, 6) is -1.18. The maximum absolute atomic E-state index is 14.1. The maximum Gasteiger partial charge on any atom is 0.267 e. The van der Waals surface area contributed by atoms with Crippen LogP contribution in [0.25, 0.3) is 11.3 Å². The first-order chi connectivity index (χ1) is 14.4. The van der Waals surface area contributed by atoms with Crippen LogP contribution in [0.1, 0.15) is 10.5 Å². The van der Waals surface area contributed by atoms with Gasteiger partial charge >= 0.3 is 0 Å². The zero-order valence-corrected chi connectivity index (χ0v) is 16.6. The third kappa shape index (κ3) is 4.04. The molecule has 2 heterocycles. The van der Waals surface area contributed by atoms with E-state index in [0.29, 0.717) is 49.1 Å². The Morgan fingerprint density at radius 2 is 1.63 bits per heavy atom. The van der Waals surface area contributed by atoms with Crippen molar-refractivity contribution in [2.45, 2.75) is 0 Å². The third-order valence-electron chi connectivity index (χ3n) is 4.94. The number of halogens is 3. The SMILES string of the molecule is NC(=O)c1cc(-c2ccc(F)c(Cl)c2)nc(N2CCN(c3ccccc3F)CC2)n1. The van der Waals surface area contributed by atoms with E-state index in [1.165, 1.54) is 30.3 Å². The number of carbonyl (C=O) groups is 1. The number of amides is 1. The second-order valence-electron chi connectivity index (χ2n) is 6.86. The molecule has 0 saturated carbocycles. The van der Waals surface area contributed by atoms with Gasteiger partial charge in [-0.25, -0.2) is 18.7 Å². The Balaban J connectivity index is 1.61. The van der Waals surface area contributed by atoms with Crippen molar-refractivity contribution < 1.29 is 13.6 Å². The van der Waals surface area contributed by atoms with Crippen LogP contribution in [0.5, 0.6) is 0 Å².